The molecule has 2 saturated heterocycles. The third-order valence-electron chi connectivity index (χ3n) is 4.09. The zero-order valence-electron chi connectivity index (χ0n) is 10.7. The average Bonchev–Trinajstić information content (AvgIpc) is 2.95. The maximum absolute atomic E-state index is 12.6. The molecule has 19 heavy (non-hydrogen) atoms. The van der Waals surface area contributed by atoms with Gasteiger partial charge < -0.3 is 5.32 Å². The third kappa shape index (κ3) is 2.18. The number of piperidine rings is 1. The minimum Gasteiger partial charge on any atom is -0.316 e. The molecule has 0 aromatic carbocycles. The van der Waals surface area contributed by atoms with E-state index in [1.165, 1.54) is 10.9 Å². The molecule has 2 fully saturated rings. The van der Waals surface area contributed by atoms with Crippen LogP contribution in [-0.2, 0) is 17.1 Å². The van der Waals surface area contributed by atoms with Gasteiger partial charge >= 0.3 is 0 Å². The van der Waals surface area contributed by atoms with Crippen LogP contribution in [0.2, 0.25) is 5.02 Å². The van der Waals surface area contributed by atoms with Crippen molar-refractivity contribution < 1.29 is 8.42 Å². The average molecular weight is 305 g/mol. The number of fused-ring (bicyclic) bond motifs is 1. The minimum absolute atomic E-state index is 0.0959. The van der Waals surface area contributed by atoms with Gasteiger partial charge in [-0.05, 0) is 31.3 Å². The normalized spacial score (nSPS) is 28.5. The van der Waals surface area contributed by atoms with E-state index < -0.39 is 10.0 Å². The Kier molecular flexibility index (Phi) is 3.33. The highest BCUT2D eigenvalue weighted by atomic mass is 35.5. The Morgan fingerprint density at radius 2 is 2.16 bits per heavy atom. The van der Waals surface area contributed by atoms with Crippen molar-refractivity contribution in [2.24, 2.45) is 18.9 Å². The van der Waals surface area contributed by atoms with Gasteiger partial charge in [0.1, 0.15) is 0 Å². The quantitative estimate of drug-likeness (QED) is 0.853. The molecular weight excluding hydrogens is 288 g/mol. The summed E-state index contributed by atoms with van der Waals surface area (Å²) in [7, 11) is -1.94. The standard InChI is InChI=1S/C11H17ClN4O2S/c1-15-11(10(12)6-14-15)19(17,18)16-3-2-8-4-13-5-9(8)7-16/h6,8-9,13H,2-5,7H2,1H3. The number of aromatic nitrogens is 2. The third-order valence-corrected chi connectivity index (χ3v) is 6.47. The predicted molar refractivity (Wildman–Crippen MR) is 71.4 cm³/mol. The van der Waals surface area contributed by atoms with Crippen LogP contribution in [0.25, 0.3) is 0 Å². The van der Waals surface area contributed by atoms with Gasteiger partial charge in [-0.2, -0.15) is 9.40 Å². The molecule has 0 bridgehead atoms. The van der Waals surface area contributed by atoms with Crippen LogP contribution in [0.5, 0.6) is 0 Å². The van der Waals surface area contributed by atoms with Crippen molar-refractivity contribution >= 4 is 21.6 Å². The Morgan fingerprint density at radius 1 is 1.42 bits per heavy atom. The maximum atomic E-state index is 12.6. The molecule has 106 valence electrons. The summed E-state index contributed by atoms with van der Waals surface area (Å²) in [6.07, 6.45) is 2.28. The first-order valence-electron chi connectivity index (χ1n) is 6.38. The van der Waals surface area contributed by atoms with E-state index in [1.54, 1.807) is 11.4 Å². The van der Waals surface area contributed by atoms with Gasteiger partial charge in [0, 0.05) is 20.1 Å². The summed E-state index contributed by atoms with van der Waals surface area (Å²) < 4.78 is 28.2. The van der Waals surface area contributed by atoms with Gasteiger partial charge in [-0.25, -0.2) is 8.42 Å². The van der Waals surface area contributed by atoms with Gasteiger partial charge in [0.25, 0.3) is 10.0 Å². The first-order chi connectivity index (χ1) is 9.00. The molecule has 0 saturated carbocycles. The number of rotatable bonds is 2. The van der Waals surface area contributed by atoms with Crippen molar-refractivity contribution in [3.63, 3.8) is 0 Å². The van der Waals surface area contributed by atoms with E-state index in [9.17, 15) is 8.42 Å². The van der Waals surface area contributed by atoms with Gasteiger partial charge in [0.05, 0.1) is 11.2 Å². The summed E-state index contributed by atoms with van der Waals surface area (Å²) in [6.45, 7) is 3.04. The Bertz CT molecular complexity index is 566. The lowest BCUT2D eigenvalue weighted by Crippen LogP contribution is -2.43. The fourth-order valence-corrected chi connectivity index (χ4v) is 5.15. The molecule has 3 heterocycles. The van der Waals surface area contributed by atoms with E-state index in [4.69, 9.17) is 11.6 Å². The topological polar surface area (TPSA) is 67.2 Å². The molecule has 2 aliphatic rings. The number of nitrogens with zero attached hydrogens (tertiary/aromatic N) is 3. The number of aryl methyl sites for hydroxylation is 1. The lowest BCUT2D eigenvalue weighted by Gasteiger charge is -2.33. The highest BCUT2D eigenvalue weighted by molar-refractivity contribution is 7.89. The van der Waals surface area contributed by atoms with E-state index in [1.807, 2.05) is 0 Å². The number of sulfonamides is 1. The number of halogens is 1. The van der Waals surface area contributed by atoms with Crippen LogP contribution in [0.4, 0.5) is 0 Å². The van der Waals surface area contributed by atoms with Gasteiger partial charge in [0.15, 0.2) is 5.03 Å². The van der Waals surface area contributed by atoms with Crippen LogP contribution in [0.3, 0.4) is 0 Å². The monoisotopic (exact) mass is 304 g/mol. The van der Waals surface area contributed by atoms with E-state index >= 15 is 0 Å². The van der Waals surface area contributed by atoms with Gasteiger partial charge in [-0.1, -0.05) is 11.6 Å². The fraction of sp³-hybridized carbons (Fsp3) is 0.727. The largest absolute Gasteiger partial charge is 0.316 e. The van der Waals surface area contributed by atoms with Crippen molar-refractivity contribution in [3.05, 3.63) is 11.2 Å². The van der Waals surface area contributed by atoms with Gasteiger partial charge in [-0.3, -0.25) is 4.68 Å². The van der Waals surface area contributed by atoms with Crippen molar-refractivity contribution in [3.8, 4) is 0 Å². The SMILES string of the molecule is Cn1ncc(Cl)c1S(=O)(=O)N1CCC2CNCC2C1. The molecule has 3 rings (SSSR count). The highest BCUT2D eigenvalue weighted by Gasteiger charge is 2.39. The van der Waals surface area contributed by atoms with E-state index in [2.05, 4.69) is 10.4 Å². The molecule has 0 amide bonds. The number of hydrogen-bond donors (Lipinski definition) is 1. The van der Waals surface area contributed by atoms with Crippen LogP contribution < -0.4 is 5.32 Å². The second kappa shape index (κ2) is 4.73. The summed E-state index contributed by atoms with van der Waals surface area (Å²) in [5.41, 5.74) is 0. The fourth-order valence-electron chi connectivity index (χ4n) is 3.03. The smallest absolute Gasteiger partial charge is 0.261 e. The lowest BCUT2D eigenvalue weighted by atomic mass is 9.90. The Labute approximate surface area is 117 Å². The van der Waals surface area contributed by atoms with Gasteiger partial charge in [-0.15, -0.1) is 0 Å². The molecule has 2 aliphatic heterocycles. The second-order valence-electron chi connectivity index (χ2n) is 5.25. The summed E-state index contributed by atoms with van der Waals surface area (Å²) in [5, 5.41) is 7.52. The molecule has 2 unspecified atom stereocenters. The van der Waals surface area contributed by atoms with E-state index in [0.29, 0.717) is 24.9 Å². The molecule has 1 aromatic heterocycles. The van der Waals surface area contributed by atoms with Crippen molar-refractivity contribution in [1.82, 2.24) is 19.4 Å². The molecule has 8 heteroatoms. The second-order valence-corrected chi connectivity index (χ2v) is 7.51. The number of nitrogens with one attached hydrogen (secondary N) is 1. The van der Waals surface area contributed by atoms with Crippen molar-refractivity contribution in [1.29, 1.82) is 0 Å². The molecule has 0 spiro atoms. The van der Waals surface area contributed by atoms with Crippen molar-refractivity contribution in [2.45, 2.75) is 11.4 Å². The molecular formula is C11H17ClN4O2S. The summed E-state index contributed by atoms with van der Waals surface area (Å²) in [6, 6.07) is 0. The molecule has 2 atom stereocenters. The van der Waals surface area contributed by atoms with Crippen LogP contribution in [-0.4, -0.2) is 48.7 Å². The zero-order chi connectivity index (χ0) is 13.6. The van der Waals surface area contributed by atoms with Gasteiger partial charge in [0.2, 0.25) is 0 Å². The first kappa shape index (κ1) is 13.4. The summed E-state index contributed by atoms with van der Waals surface area (Å²) >= 11 is 5.96. The molecule has 6 nitrogen and oxygen atoms in total. The lowest BCUT2D eigenvalue weighted by molar-refractivity contribution is 0.227. The Hall–Kier alpha value is -0.630. The molecule has 1 N–H and O–H groups in total. The van der Waals surface area contributed by atoms with Crippen LogP contribution in [0.1, 0.15) is 6.42 Å². The van der Waals surface area contributed by atoms with E-state index in [-0.39, 0.29) is 10.0 Å². The Balaban J connectivity index is 1.89. The van der Waals surface area contributed by atoms with Crippen molar-refractivity contribution in [2.75, 3.05) is 26.2 Å². The van der Waals surface area contributed by atoms with Crippen LogP contribution >= 0.6 is 11.6 Å². The molecule has 1 aromatic rings. The highest BCUT2D eigenvalue weighted by Crippen LogP contribution is 2.31. The Morgan fingerprint density at radius 3 is 2.84 bits per heavy atom. The zero-order valence-corrected chi connectivity index (χ0v) is 12.3. The molecule has 0 aliphatic carbocycles. The van der Waals surface area contributed by atoms with Crippen LogP contribution in [0.15, 0.2) is 11.2 Å². The molecule has 0 radical (unpaired) electrons. The summed E-state index contributed by atoms with van der Waals surface area (Å²) in [4.78, 5) is 0. The maximum Gasteiger partial charge on any atom is 0.261 e. The minimum atomic E-state index is -3.54. The summed E-state index contributed by atoms with van der Waals surface area (Å²) in [5.74, 6) is 1.02. The van der Waals surface area contributed by atoms with Crippen LogP contribution in [0, 0.1) is 11.8 Å². The van der Waals surface area contributed by atoms with E-state index in [0.717, 1.165) is 19.5 Å². The first-order valence-corrected chi connectivity index (χ1v) is 8.20. The predicted octanol–water partition coefficient (Wildman–Crippen LogP) is 0.304. The number of hydrogen-bond acceptors (Lipinski definition) is 4.